The topological polar surface area (TPSA) is 73.2 Å². The average molecular weight is 484 g/mol. The number of aliphatic imine (C=N–C) groups is 1. The highest BCUT2D eigenvalue weighted by Crippen LogP contribution is 2.39. The van der Waals surface area contributed by atoms with Gasteiger partial charge in [-0.2, -0.15) is 0 Å². The SMILES string of the molecule is C=CN=C(OC1CCN(C(=O)OC(C)C)C2CCCC12)C(C)=C(Oc1cccnc1C)C(C)CC. The molecule has 1 aromatic heterocycles. The second kappa shape index (κ2) is 12.2. The van der Waals surface area contributed by atoms with Crippen molar-refractivity contribution in [3.05, 3.63) is 48.1 Å². The van der Waals surface area contributed by atoms with Crippen molar-refractivity contribution >= 4 is 12.0 Å². The number of pyridine rings is 1. The standard InChI is InChI=1S/C28H41N3O4/c1-8-19(5)26(34-24-14-11-16-30-21(24)7)20(6)27(29-9-2)35-25-15-17-31(28(32)33-18(3)4)23-13-10-12-22(23)25/h9,11,14,16,18-19,22-23,25H,2,8,10,12-13,15,17H2,1,3-7H3. The van der Waals surface area contributed by atoms with Gasteiger partial charge in [0.25, 0.3) is 0 Å². The third kappa shape index (κ3) is 6.44. The zero-order valence-corrected chi connectivity index (χ0v) is 22.1. The van der Waals surface area contributed by atoms with Gasteiger partial charge >= 0.3 is 6.09 Å². The molecule has 1 aliphatic carbocycles. The number of aromatic nitrogens is 1. The molecule has 1 amide bonds. The van der Waals surface area contributed by atoms with Crippen molar-refractivity contribution < 1.29 is 19.0 Å². The van der Waals surface area contributed by atoms with Gasteiger partial charge in [-0.05, 0) is 59.1 Å². The number of hydrogen-bond donors (Lipinski definition) is 0. The molecule has 1 saturated heterocycles. The molecule has 0 aromatic carbocycles. The number of amides is 1. The summed E-state index contributed by atoms with van der Waals surface area (Å²) in [6.45, 7) is 16.4. The van der Waals surface area contributed by atoms with Crippen LogP contribution in [0.4, 0.5) is 4.79 Å². The normalized spacial score (nSPS) is 23.9. The van der Waals surface area contributed by atoms with Gasteiger partial charge in [-0.1, -0.05) is 26.8 Å². The molecule has 0 bridgehead atoms. The Kier molecular flexibility index (Phi) is 9.35. The van der Waals surface area contributed by atoms with E-state index in [1.54, 1.807) is 6.20 Å². The fourth-order valence-electron chi connectivity index (χ4n) is 5.05. The van der Waals surface area contributed by atoms with Crippen molar-refractivity contribution in [1.82, 2.24) is 9.88 Å². The van der Waals surface area contributed by atoms with E-state index in [1.807, 2.05) is 44.7 Å². The number of carbonyl (C=O) groups is 1. The molecule has 192 valence electrons. The number of aryl methyl sites for hydroxylation is 1. The third-order valence-electron chi connectivity index (χ3n) is 7.04. The van der Waals surface area contributed by atoms with Crippen LogP contribution in [0.3, 0.4) is 0 Å². The highest BCUT2D eigenvalue weighted by Gasteiger charge is 2.45. The first-order valence-electron chi connectivity index (χ1n) is 12.9. The van der Waals surface area contributed by atoms with Gasteiger partial charge in [0.05, 0.1) is 11.8 Å². The van der Waals surface area contributed by atoms with Crippen LogP contribution in [-0.4, -0.2) is 46.7 Å². The molecule has 1 aromatic rings. The van der Waals surface area contributed by atoms with Crippen LogP contribution in [0.15, 0.2) is 47.4 Å². The van der Waals surface area contributed by atoms with E-state index >= 15 is 0 Å². The maximum Gasteiger partial charge on any atom is 0.410 e. The summed E-state index contributed by atoms with van der Waals surface area (Å²) in [7, 11) is 0. The van der Waals surface area contributed by atoms with E-state index in [9.17, 15) is 4.79 Å². The highest BCUT2D eigenvalue weighted by molar-refractivity contribution is 5.94. The Bertz CT molecular complexity index is 955. The van der Waals surface area contributed by atoms with Gasteiger partial charge in [0.1, 0.15) is 17.6 Å². The number of fused-ring (bicyclic) bond motifs is 1. The lowest BCUT2D eigenvalue weighted by atomic mass is 9.89. The number of carbonyl (C=O) groups excluding carboxylic acids is 1. The fourth-order valence-corrected chi connectivity index (χ4v) is 5.05. The number of ether oxygens (including phenoxy) is 3. The predicted octanol–water partition coefficient (Wildman–Crippen LogP) is 6.44. The summed E-state index contributed by atoms with van der Waals surface area (Å²) in [5.41, 5.74) is 1.69. The maximum absolute atomic E-state index is 12.7. The molecule has 0 radical (unpaired) electrons. The molecule has 4 atom stereocenters. The van der Waals surface area contributed by atoms with E-state index in [2.05, 4.69) is 30.4 Å². The van der Waals surface area contributed by atoms with E-state index < -0.39 is 0 Å². The number of piperidine rings is 1. The van der Waals surface area contributed by atoms with Crippen molar-refractivity contribution in [1.29, 1.82) is 0 Å². The monoisotopic (exact) mass is 483 g/mol. The molecule has 7 nitrogen and oxygen atoms in total. The number of likely N-dealkylation sites (tertiary alicyclic amines) is 1. The Morgan fingerprint density at radius 1 is 1.31 bits per heavy atom. The fraction of sp³-hybridized carbons (Fsp3) is 0.607. The molecule has 1 aliphatic heterocycles. The lowest BCUT2D eigenvalue weighted by Crippen LogP contribution is -2.52. The Labute approximate surface area is 210 Å². The third-order valence-corrected chi connectivity index (χ3v) is 7.04. The average Bonchev–Trinajstić information content (AvgIpc) is 3.32. The number of allylic oxidation sites excluding steroid dienone is 1. The van der Waals surface area contributed by atoms with Gasteiger partial charge in [0, 0.05) is 48.8 Å². The van der Waals surface area contributed by atoms with Crippen molar-refractivity contribution in [3.8, 4) is 5.75 Å². The number of nitrogens with zero attached hydrogens (tertiary/aromatic N) is 3. The van der Waals surface area contributed by atoms with Crippen molar-refractivity contribution in [2.24, 2.45) is 16.8 Å². The minimum absolute atomic E-state index is 0.0300. The molecule has 2 heterocycles. The van der Waals surface area contributed by atoms with Crippen LogP contribution in [0.2, 0.25) is 0 Å². The minimum atomic E-state index is -0.217. The van der Waals surface area contributed by atoms with Crippen molar-refractivity contribution in [2.45, 2.75) is 91.9 Å². The quantitative estimate of drug-likeness (QED) is 0.242. The molecule has 2 aliphatic rings. The summed E-state index contributed by atoms with van der Waals surface area (Å²) in [6, 6.07) is 3.94. The van der Waals surface area contributed by atoms with Crippen LogP contribution in [0.5, 0.6) is 5.75 Å². The summed E-state index contributed by atoms with van der Waals surface area (Å²) < 4.78 is 18.5. The second-order valence-corrected chi connectivity index (χ2v) is 9.84. The van der Waals surface area contributed by atoms with Gasteiger partial charge in [0.2, 0.25) is 5.90 Å². The molecule has 35 heavy (non-hydrogen) atoms. The highest BCUT2D eigenvalue weighted by atomic mass is 16.6. The Morgan fingerprint density at radius 3 is 2.74 bits per heavy atom. The van der Waals surface area contributed by atoms with Gasteiger partial charge in [0.15, 0.2) is 0 Å². The minimum Gasteiger partial charge on any atom is -0.474 e. The second-order valence-electron chi connectivity index (χ2n) is 9.84. The van der Waals surface area contributed by atoms with Crippen LogP contribution in [0.1, 0.15) is 72.4 Å². The Balaban J connectivity index is 1.85. The Hall–Kier alpha value is -2.83. The molecule has 2 fully saturated rings. The van der Waals surface area contributed by atoms with E-state index in [0.717, 1.165) is 54.9 Å². The largest absolute Gasteiger partial charge is 0.474 e. The summed E-state index contributed by atoms with van der Waals surface area (Å²) in [5.74, 6) is 2.50. The zero-order valence-electron chi connectivity index (χ0n) is 22.1. The Morgan fingerprint density at radius 2 is 2.09 bits per heavy atom. The summed E-state index contributed by atoms with van der Waals surface area (Å²) in [6.07, 6.45) is 7.62. The number of rotatable bonds is 8. The van der Waals surface area contributed by atoms with Crippen LogP contribution in [0, 0.1) is 18.8 Å². The lowest BCUT2D eigenvalue weighted by molar-refractivity contribution is -0.00398. The molecule has 3 rings (SSSR count). The van der Waals surface area contributed by atoms with Crippen molar-refractivity contribution in [2.75, 3.05) is 6.54 Å². The molecule has 0 N–H and O–H groups in total. The lowest BCUT2D eigenvalue weighted by Gasteiger charge is -2.42. The van der Waals surface area contributed by atoms with Crippen LogP contribution < -0.4 is 4.74 Å². The molecule has 7 heteroatoms. The molecule has 1 saturated carbocycles. The van der Waals surface area contributed by atoms with Gasteiger partial charge < -0.3 is 19.1 Å². The molecular weight excluding hydrogens is 442 g/mol. The first kappa shape index (κ1) is 26.8. The van der Waals surface area contributed by atoms with Crippen LogP contribution >= 0.6 is 0 Å². The van der Waals surface area contributed by atoms with E-state index in [-0.39, 0.29) is 36.2 Å². The van der Waals surface area contributed by atoms with E-state index in [4.69, 9.17) is 14.2 Å². The van der Waals surface area contributed by atoms with E-state index in [0.29, 0.717) is 12.4 Å². The summed E-state index contributed by atoms with van der Waals surface area (Å²) in [4.78, 5) is 23.5. The molecule has 4 unspecified atom stereocenters. The zero-order chi connectivity index (χ0) is 25.5. The predicted molar refractivity (Wildman–Crippen MR) is 138 cm³/mol. The van der Waals surface area contributed by atoms with E-state index in [1.165, 1.54) is 6.20 Å². The van der Waals surface area contributed by atoms with Crippen LogP contribution in [-0.2, 0) is 9.47 Å². The van der Waals surface area contributed by atoms with Crippen molar-refractivity contribution in [3.63, 3.8) is 0 Å². The number of hydrogen-bond acceptors (Lipinski definition) is 6. The first-order chi connectivity index (χ1) is 16.8. The first-order valence-corrected chi connectivity index (χ1v) is 12.9. The molecule has 0 spiro atoms. The summed E-state index contributed by atoms with van der Waals surface area (Å²) in [5, 5.41) is 0. The van der Waals surface area contributed by atoms with Gasteiger partial charge in [-0.25, -0.2) is 9.79 Å². The van der Waals surface area contributed by atoms with Gasteiger partial charge in [-0.15, -0.1) is 0 Å². The van der Waals surface area contributed by atoms with Gasteiger partial charge in [-0.3, -0.25) is 4.98 Å². The van der Waals surface area contributed by atoms with Crippen LogP contribution in [0.25, 0.3) is 0 Å². The maximum atomic E-state index is 12.7. The summed E-state index contributed by atoms with van der Waals surface area (Å²) >= 11 is 0. The molecular formula is C28H41N3O4. The smallest absolute Gasteiger partial charge is 0.410 e.